The van der Waals surface area contributed by atoms with E-state index in [-0.39, 0.29) is 5.56 Å². The van der Waals surface area contributed by atoms with Gasteiger partial charge in [0.25, 0.3) is 5.56 Å². The highest BCUT2D eigenvalue weighted by Gasteiger charge is 2.08. The van der Waals surface area contributed by atoms with E-state index in [2.05, 4.69) is 4.98 Å². The van der Waals surface area contributed by atoms with E-state index >= 15 is 0 Å². The molecule has 0 unspecified atom stereocenters. The van der Waals surface area contributed by atoms with Crippen LogP contribution < -0.4 is 5.56 Å². The lowest BCUT2D eigenvalue weighted by Gasteiger charge is -2.09. The van der Waals surface area contributed by atoms with Crippen molar-refractivity contribution >= 4 is 22.7 Å². The van der Waals surface area contributed by atoms with Gasteiger partial charge in [0.15, 0.2) is 5.16 Å². The van der Waals surface area contributed by atoms with Crippen LogP contribution in [0.2, 0.25) is 0 Å². The maximum Gasteiger partial charge on any atom is 0.261 e. The van der Waals surface area contributed by atoms with Crippen molar-refractivity contribution in [1.82, 2.24) is 9.55 Å². The number of benzene rings is 1. The number of rotatable bonds is 5. The lowest BCUT2D eigenvalue weighted by molar-refractivity contribution is 0.164. The van der Waals surface area contributed by atoms with E-state index in [1.54, 1.807) is 23.4 Å². The maximum absolute atomic E-state index is 12.3. The predicted molar refractivity (Wildman–Crippen MR) is 78.9 cm³/mol. The first kappa shape index (κ1) is 14.1. The molecule has 0 aliphatic carbocycles. The fraction of sp³-hybridized carbons (Fsp3) is 0.429. The number of ether oxygens (including phenoxy) is 1. The normalized spacial score (nSPS) is 11.1. The van der Waals surface area contributed by atoms with Crippen molar-refractivity contribution in [2.24, 2.45) is 7.05 Å². The number of nitrogens with zero attached hydrogens (tertiary/aromatic N) is 2. The molecule has 0 spiro atoms. The molecular weight excluding hydrogens is 260 g/mol. The zero-order valence-corrected chi connectivity index (χ0v) is 12.3. The molecule has 0 saturated heterocycles. The molecule has 0 aliphatic heterocycles. The van der Waals surface area contributed by atoms with Gasteiger partial charge in [-0.25, -0.2) is 4.98 Å². The number of hydrogen-bond donors (Lipinski definition) is 0. The van der Waals surface area contributed by atoms with Crippen LogP contribution in [0.5, 0.6) is 0 Å². The highest BCUT2D eigenvalue weighted by atomic mass is 32.2. The van der Waals surface area contributed by atoms with Gasteiger partial charge in [0.2, 0.25) is 0 Å². The van der Waals surface area contributed by atoms with Crippen molar-refractivity contribution in [2.45, 2.75) is 19.0 Å². The molecule has 0 aliphatic rings. The molecule has 1 aromatic carbocycles. The SMILES string of the molecule is CCOCCSc1nc2ccc(C)cc2c(=O)n1C. The molecule has 0 saturated carbocycles. The van der Waals surface area contributed by atoms with Gasteiger partial charge in [-0.2, -0.15) is 0 Å². The topological polar surface area (TPSA) is 44.1 Å². The van der Waals surface area contributed by atoms with E-state index < -0.39 is 0 Å². The van der Waals surface area contributed by atoms with Crippen LogP contribution in [0.3, 0.4) is 0 Å². The Morgan fingerprint density at radius 3 is 2.95 bits per heavy atom. The number of aryl methyl sites for hydroxylation is 1. The molecule has 102 valence electrons. The second kappa shape index (κ2) is 6.21. The minimum absolute atomic E-state index is 0.00705. The second-order valence-corrected chi connectivity index (χ2v) is 5.39. The Morgan fingerprint density at radius 2 is 2.21 bits per heavy atom. The van der Waals surface area contributed by atoms with Gasteiger partial charge in [-0.1, -0.05) is 23.4 Å². The van der Waals surface area contributed by atoms with Crippen molar-refractivity contribution in [1.29, 1.82) is 0 Å². The van der Waals surface area contributed by atoms with Crippen LogP contribution >= 0.6 is 11.8 Å². The molecule has 1 heterocycles. The molecule has 1 aromatic heterocycles. The van der Waals surface area contributed by atoms with E-state index in [0.717, 1.165) is 22.0 Å². The quantitative estimate of drug-likeness (QED) is 0.478. The molecule has 2 rings (SSSR count). The summed E-state index contributed by atoms with van der Waals surface area (Å²) in [4.78, 5) is 16.8. The molecule has 4 nitrogen and oxygen atoms in total. The van der Waals surface area contributed by atoms with Gasteiger partial charge in [-0.15, -0.1) is 0 Å². The molecule has 2 aromatic rings. The van der Waals surface area contributed by atoms with E-state index in [1.807, 2.05) is 32.0 Å². The van der Waals surface area contributed by atoms with Gasteiger partial charge in [0.05, 0.1) is 17.5 Å². The zero-order chi connectivity index (χ0) is 13.8. The molecule has 0 radical (unpaired) electrons. The summed E-state index contributed by atoms with van der Waals surface area (Å²) in [7, 11) is 1.76. The Hall–Kier alpha value is -1.33. The Balaban J connectivity index is 2.33. The zero-order valence-electron chi connectivity index (χ0n) is 11.5. The lowest BCUT2D eigenvalue weighted by Crippen LogP contribution is -2.20. The molecule has 0 bridgehead atoms. The third-order valence-electron chi connectivity index (χ3n) is 2.85. The average Bonchev–Trinajstić information content (AvgIpc) is 2.41. The summed E-state index contributed by atoms with van der Waals surface area (Å²) in [6, 6.07) is 5.77. The van der Waals surface area contributed by atoms with E-state index in [4.69, 9.17) is 4.74 Å². The molecule has 0 atom stereocenters. The van der Waals surface area contributed by atoms with Gasteiger partial charge in [0.1, 0.15) is 0 Å². The van der Waals surface area contributed by atoms with Crippen molar-refractivity contribution in [3.63, 3.8) is 0 Å². The van der Waals surface area contributed by atoms with Crippen LogP contribution in [0.1, 0.15) is 12.5 Å². The first-order chi connectivity index (χ1) is 9.13. The largest absolute Gasteiger partial charge is 0.381 e. The maximum atomic E-state index is 12.3. The molecule has 0 N–H and O–H groups in total. The molecular formula is C14H18N2O2S. The van der Waals surface area contributed by atoms with Crippen LogP contribution in [0.15, 0.2) is 28.2 Å². The van der Waals surface area contributed by atoms with Gasteiger partial charge in [0, 0.05) is 19.4 Å². The van der Waals surface area contributed by atoms with Crippen LogP contribution in [0, 0.1) is 6.92 Å². The number of thioether (sulfide) groups is 1. The van der Waals surface area contributed by atoms with Crippen molar-refractivity contribution in [2.75, 3.05) is 19.0 Å². The Labute approximate surface area is 116 Å². The van der Waals surface area contributed by atoms with Crippen LogP contribution in [-0.4, -0.2) is 28.5 Å². The Bertz CT molecular complexity index is 637. The van der Waals surface area contributed by atoms with Crippen LogP contribution in [0.4, 0.5) is 0 Å². The van der Waals surface area contributed by atoms with E-state index in [9.17, 15) is 4.79 Å². The lowest BCUT2D eigenvalue weighted by atomic mass is 10.2. The summed E-state index contributed by atoms with van der Waals surface area (Å²) in [6.45, 7) is 5.33. The smallest absolute Gasteiger partial charge is 0.261 e. The third-order valence-corrected chi connectivity index (χ3v) is 3.85. The monoisotopic (exact) mass is 278 g/mol. The average molecular weight is 278 g/mol. The second-order valence-electron chi connectivity index (χ2n) is 4.32. The molecule has 19 heavy (non-hydrogen) atoms. The van der Waals surface area contributed by atoms with Crippen molar-refractivity contribution in [3.8, 4) is 0 Å². The Kier molecular flexibility index (Phi) is 4.61. The summed E-state index contributed by atoms with van der Waals surface area (Å²) in [5.41, 5.74) is 1.84. The van der Waals surface area contributed by atoms with Crippen LogP contribution in [-0.2, 0) is 11.8 Å². The summed E-state index contributed by atoms with van der Waals surface area (Å²) in [5.74, 6) is 0.797. The first-order valence-corrected chi connectivity index (χ1v) is 7.30. The molecule has 0 amide bonds. The summed E-state index contributed by atoms with van der Waals surface area (Å²) in [6.07, 6.45) is 0. The molecule has 5 heteroatoms. The number of fused-ring (bicyclic) bond motifs is 1. The van der Waals surface area contributed by atoms with E-state index in [0.29, 0.717) is 18.6 Å². The van der Waals surface area contributed by atoms with Crippen molar-refractivity contribution < 1.29 is 4.74 Å². The van der Waals surface area contributed by atoms with Crippen LogP contribution in [0.25, 0.3) is 10.9 Å². The number of aromatic nitrogens is 2. The highest BCUT2D eigenvalue weighted by Crippen LogP contribution is 2.17. The highest BCUT2D eigenvalue weighted by molar-refractivity contribution is 7.99. The minimum Gasteiger partial charge on any atom is -0.381 e. The van der Waals surface area contributed by atoms with Gasteiger partial charge >= 0.3 is 0 Å². The minimum atomic E-state index is 0.00705. The Morgan fingerprint density at radius 1 is 1.42 bits per heavy atom. The third kappa shape index (κ3) is 3.16. The van der Waals surface area contributed by atoms with Gasteiger partial charge in [-0.3, -0.25) is 9.36 Å². The summed E-state index contributed by atoms with van der Waals surface area (Å²) >= 11 is 1.55. The summed E-state index contributed by atoms with van der Waals surface area (Å²) < 4.78 is 6.90. The van der Waals surface area contributed by atoms with E-state index in [1.165, 1.54) is 0 Å². The fourth-order valence-electron chi connectivity index (χ4n) is 1.83. The predicted octanol–water partition coefficient (Wildman–Crippen LogP) is 2.37. The van der Waals surface area contributed by atoms with Gasteiger partial charge in [-0.05, 0) is 26.0 Å². The first-order valence-electron chi connectivity index (χ1n) is 6.31. The van der Waals surface area contributed by atoms with Gasteiger partial charge < -0.3 is 4.74 Å². The fourth-order valence-corrected chi connectivity index (χ4v) is 2.65. The van der Waals surface area contributed by atoms with Crippen molar-refractivity contribution in [3.05, 3.63) is 34.1 Å². The molecule has 0 fully saturated rings. The number of hydrogen-bond acceptors (Lipinski definition) is 4. The summed E-state index contributed by atoms with van der Waals surface area (Å²) in [5, 5.41) is 1.41. The standard InChI is InChI=1S/C14H18N2O2S/c1-4-18-7-8-19-14-15-12-6-5-10(2)9-11(12)13(17)16(14)3/h5-6,9H,4,7-8H2,1-3H3.